The standard InChI is InChI=1S/C17H19N3O6S/c1-20(25-2)27(23,24)15-8-6-13(7-9-15)19-16(21)11-26-14-5-3-4-12(10-14)17(18)22/h3-10H,11H2,1-2H3,(H2,18,22)(H,19,21). The largest absolute Gasteiger partial charge is 0.484 e. The second-order valence-electron chi connectivity index (χ2n) is 5.35. The van der Waals surface area contributed by atoms with Gasteiger partial charge in [0.1, 0.15) is 5.75 Å². The van der Waals surface area contributed by atoms with Crippen LogP contribution in [0.3, 0.4) is 0 Å². The fourth-order valence-corrected chi connectivity index (χ4v) is 3.02. The van der Waals surface area contributed by atoms with Gasteiger partial charge in [0, 0.05) is 18.3 Å². The van der Waals surface area contributed by atoms with Gasteiger partial charge in [-0.15, -0.1) is 0 Å². The van der Waals surface area contributed by atoms with Crippen LogP contribution in [0.5, 0.6) is 5.75 Å². The van der Waals surface area contributed by atoms with Gasteiger partial charge in [-0.05, 0) is 42.5 Å². The van der Waals surface area contributed by atoms with Gasteiger partial charge >= 0.3 is 0 Å². The molecule has 2 rings (SSSR count). The van der Waals surface area contributed by atoms with Gasteiger partial charge < -0.3 is 15.8 Å². The Labute approximate surface area is 156 Å². The maximum atomic E-state index is 12.1. The van der Waals surface area contributed by atoms with Crippen molar-refractivity contribution in [3.05, 3.63) is 54.1 Å². The van der Waals surface area contributed by atoms with Crippen LogP contribution in [0.2, 0.25) is 0 Å². The lowest BCUT2D eigenvalue weighted by atomic mass is 10.2. The minimum atomic E-state index is -3.76. The number of ether oxygens (including phenoxy) is 1. The number of sulfonamides is 1. The zero-order valence-electron chi connectivity index (χ0n) is 14.7. The number of amides is 2. The van der Waals surface area contributed by atoms with Crippen molar-refractivity contribution < 1.29 is 27.6 Å². The molecule has 27 heavy (non-hydrogen) atoms. The van der Waals surface area contributed by atoms with Crippen molar-refractivity contribution in [3.63, 3.8) is 0 Å². The molecule has 0 aliphatic heterocycles. The highest BCUT2D eigenvalue weighted by atomic mass is 32.2. The molecule has 0 saturated heterocycles. The molecule has 2 aromatic rings. The van der Waals surface area contributed by atoms with E-state index < -0.39 is 21.8 Å². The highest BCUT2D eigenvalue weighted by molar-refractivity contribution is 7.89. The quantitative estimate of drug-likeness (QED) is 0.644. The molecule has 0 aliphatic rings. The Kier molecular flexibility index (Phi) is 6.50. The Morgan fingerprint density at radius 3 is 2.41 bits per heavy atom. The molecule has 2 amide bonds. The summed E-state index contributed by atoms with van der Waals surface area (Å²) in [7, 11) is -1.24. The van der Waals surface area contributed by atoms with Gasteiger partial charge in [0.05, 0.1) is 12.0 Å². The molecule has 0 bridgehead atoms. The Morgan fingerprint density at radius 2 is 1.81 bits per heavy atom. The lowest BCUT2D eigenvalue weighted by molar-refractivity contribution is -0.118. The first-order chi connectivity index (χ1) is 12.7. The first-order valence-corrected chi connectivity index (χ1v) is 9.13. The van der Waals surface area contributed by atoms with Crippen LogP contribution in [0.25, 0.3) is 0 Å². The molecule has 0 heterocycles. The second-order valence-corrected chi connectivity index (χ2v) is 7.29. The van der Waals surface area contributed by atoms with Crippen LogP contribution in [-0.2, 0) is 19.7 Å². The summed E-state index contributed by atoms with van der Waals surface area (Å²) in [6.07, 6.45) is 0. The van der Waals surface area contributed by atoms with Crippen LogP contribution < -0.4 is 15.8 Å². The Bertz CT molecular complexity index is 928. The summed E-state index contributed by atoms with van der Waals surface area (Å²) >= 11 is 0. The number of carbonyl (C=O) groups excluding carboxylic acids is 2. The van der Waals surface area contributed by atoms with E-state index in [1.165, 1.54) is 50.6 Å². The van der Waals surface area contributed by atoms with Gasteiger partial charge in [0.2, 0.25) is 5.91 Å². The van der Waals surface area contributed by atoms with Crippen LogP contribution in [0.1, 0.15) is 10.4 Å². The third-order valence-corrected chi connectivity index (χ3v) is 5.21. The molecule has 0 atom stereocenters. The van der Waals surface area contributed by atoms with Crippen molar-refractivity contribution in [1.29, 1.82) is 0 Å². The van der Waals surface area contributed by atoms with Gasteiger partial charge in [-0.2, -0.15) is 0 Å². The van der Waals surface area contributed by atoms with Crippen molar-refractivity contribution >= 4 is 27.5 Å². The topological polar surface area (TPSA) is 128 Å². The molecule has 3 N–H and O–H groups in total. The molecule has 0 radical (unpaired) electrons. The van der Waals surface area contributed by atoms with Gasteiger partial charge in [-0.25, -0.2) is 8.42 Å². The van der Waals surface area contributed by atoms with Gasteiger partial charge in [0.25, 0.3) is 15.9 Å². The molecule has 0 fully saturated rings. The molecule has 0 spiro atoms. The molecule has 0 unspecified atom stereocenters. The lowest BCUT2D eigenvalue weighted by Gasteiger charge is -2.14. The molecule has 0 aliphatic carbocycles. The number of rotatable bonds is 8. The number of nitrogens with zero attached hydrogens (tertiary/aromatic N) is 1. The van der Waals surface area contributed by atoms with Crippen LogP contribution in [0, 0.1) is 0 Å². The van der Waals surface area contributed by atoms with Crippen molar-refractivity contribution in [1.82, 2.24) is 4.47 Å². The number of nitrogens with one attached hydrogen (secondary N) is 1. The second kappa shape index (κ2) is 8.62. The summed E-state index contributed by atoms with van der Waals surface area (Å²) in [6.45, 7) is -0.297. The van der Waals surface area contributed by atoms with Crippen molar-refractivity contribution in [2.45, 2.75) is 4.90 Å². The number of hydrogen-bond acceptors (Lipinski definition) is 6. The predicted molar refractivity (Wildman–Crippen MR) is 97.5 cm³/mol. The molecular formula is C17H19N3O6S. The zero-order chi connectivity index (χ0) is 20.0. The van der Waals surface area contributed by atoms with Crippen molar-refractivity contribution in [2.75, 3.05) is 26.1 Å². The first-order valence-electron chi connectivity index (χ1n) is 7.69. The molecule has 0 saturated carbocycles. The summed E-state index contributed by atoms with van der Waals surface area (Å²) in [5.41, 5.74) is 5.85. The molecule has 144 valence electrons. The average molecular weight is 393 g/mol. The lowest BCUT2D eigenvalue weighted by Crippen LogP contribution is -2.25. The number of anilines is 1. The minimum absolute atomic E-state index is 0.0179. The smallest absolute Gasteiger partial charge is 0.264 e. The highest BCUT2D eigenvalue weighted by Crippen LogP contribution is 2.18. The van der Waals surface area contributed by atoms with E-state index in [-0.39, 0.29) is 17.1 Å². The zero-order valence-corrected chi connectivity index (χ0v) is 15.5. The van der Waals surface area contributed by atoms with Crippen LogP contribution in [0.4, 0.5) is 5.69 Å². The van der Waals surface area contributed by atoms with Crippen molar-refractivity contribution in [2.24, 2.45) is 5.73 Å². The maximum absolute atomic E-state index is 12.1. The Balaban J connectivity index is 1.96. The number of carbonyl (C=O) groups is 2. The van der Waals surface area contributed by atoms with Crippen LogP contribution >= 0.6 is 0 Å². The van der Waals surface area contributed by atoms with E-state index in [0.717, 1.165) is 4.47 Å². The summed E-state index contributed by atoms with van der Waals surface area (Å²) in [4.78, 5) is 27.8. The van der Waals surface area contributed by atoms with Crippen LogP contribution in [0.15, 0.2) is 53.4 Å². The van der Waals surface area contributed by atoms with Gasteiger partial charge in [0.15, 0.2) is 6.61 Å². The number of nitrogens with two attached hydrogens (primary N) is 1. The van der Waals surface area contributed by atoms with E-state index in [0.29, 0.717) is 11.4 Å². The molecular weight excluding hydrogens is 374 g/mol. The molecule has 10 heteroatoms. The predicted octanol–water partition coefficient (Wildman–Crippen LogP) is 0.985. The monoisotopic (exact) mass is 393 g/mol. The first kappa shape index (κ1) is 20.4. The fraction of sp³-hybridized carbons (Fsp3) is 0.176. The minimum Gasteiger partial charge on any atom is -0.484 e. The summed E-state index contributed by atoms with van der Waals surface area (Å²) < 4.78 is 30.2. The van der Waals surface area contributed by atoms with E-state index in [1.54, 1.807) is 12.1 Å². The van der Waals surface area contributed by atoms with Crippen LogP contribution in [-0.4, -0.2) is 45.5 Å². The van der Waals surface area contributed by atoms with E-state index in [1.807, 2.05) is 0 Å². The summed E-state index contributed by atoms with van der Waals surface area (Å²) in [6, 6.07) is 11.7. The SMILES string of the molecule is CON(C)S(=O)(=O)c1ccc(NC(=O)COc2cccc(C(N)=O)c2)cc1. The number of hydroxylamine groups is 1. The molecule has 2 aromatic carbocycles. The molecule has 0 aromatic heterocycles. The number of hydrogen-bond donors (Lipinski definition) is 2. The fourth-order valence-electron chi connectivity index (χ4n) is 2.04. The maximum Gasteiger partial charge on any atom is 0.264 e. The molecule has 9 nitrogen and oxygen atoms in total. The van der Waals surface area contributed by atoms with E-state index in [4.69, 9.17) is 15.3 Å². The van der Waals surface area contributed by atoms with Gasteiger partial charge in [-0.1, -0.05) is 10.5 Å². The van der Waals surface area contributed by atoms with Gasteiger partial charge in [-0.3, -0.25) is 14.4 Å². The Morgan fingerprint density at radius 1 is 1.15 bits per heavy atom. The van der Waals surface area contributed by atoms with E-state index in [9.17, 15) is 18.0 Å². The van der Waals surface area contributed by atoms with E-state index in [2.05, 4.69) is 5.32 Å². The van der Waals surface area contributed by atoms with E-state index >= 15 is 0 Å². The van der Waals surface area contributed by atoms with Crippen molar-refractivity contribution in [3.8, 4) is 5.75 Å². The number of benzene rings is 2. The third kappa shape index (κ3) is 5.26. The Hall–Kier alpha value is -2.95. The summed E-state index contributed by atoms with van der Waals surface area (Å²) in [5.74, 6) is -0.728. The average Bonchev–Trinajstić information content (AvgIpc) is 2.66. The summed E-state index contributed by atoms with van der Waals surface area (Å²) in [5, 5.41) is 2.58. The highest BCUT2D eigenvalue weighted by Gasteiger charge is 2.20. The normalized spacial score (nSPS) is 11.2. The number of primary amides is 1. The third-order valence-electron chi connectivity index (χ3n) is 3.52.